The van der Waals surface area contributed by atoms with Crippen molar-refractivity contribution in [3.63, 3.8) is 0 Å². The SMILES string of the molecule is CCOc1cccc(Cn2nc(-c3nc(-c4ccc(OC(C)(F)F)cc4)no3)nc2C)c1. The predicted molar refractivity (Wildman–Crippen MR) is 111 cm³/mol. The first-order chi connectivity index (χ1) is 15.3. The molecule has 4 aromatic rings. The molecule has 10 heteroatoms. The predicted octanol–water partition coefficient (Wildman–Crippen LogP) is 4.74. The molecule has 0 aliphatic rings. The van der Waals surface area contributed by atoms with Crippen LogP contribution in [0, 0.1) is 6.92 Å². The monoisotopic (exact) mass is 441 g/mol. The largest absolute Gasteiger partial charge is 0.494 e. The summed E-state index contributed by atoms with van der Waals surface area (Å²) in [5, 5.41) is 8.42. The molecule has 8 nitrogen and oxygen atoms in total. The topological polar surface area (TPSA) is 88.1 Å². The van der Waals surface area contributed by atoms with Crippen LogP contribution in [0.4, 0.5) is 8.78 Å². The lowest BCUT2D eigenvalue weighted by molar-refractivity contribution is -0.158. The quantitative estimate of drug-likeness (QED) is 0.390. The highest BCUT2D eigenvalue weighted by atomic mass is 19.3. The molecule has 0 bridgehead atoms. The maximum Gasteiger partial charge on any atom is 0.394 e. The highest BCUT2D eigenvalue weighted by Crippen LogP contribution is 2.26. The number of alkyl halides is 2. The van der Waals surface area contributed by atoms with Crippen LogP contribution in [0.15, 0.2) is 53.1 Å². The molecule has 166 valence electrons. The molecular weight excluding hydrogens is 420 g/mol. The van der Waals surface area contributed by atoms with E-state index in [4.69, 9.17) is 9.26 Å². The minimum atomic E-state index is -3.26. The van der Waals surface area contributed by atoms with Gasteiger partial charge in [-0.25, -0.2) is 9.67 Å². The van der Waals surface area contributed by atoms with Crippen LogP contribution < -0.4 is 9.47 Å². The van der Waals surface area contributed by atoms with E-state index in [1.165, 1.54) is 12.1 Å². The smallest absolute Gasteiger partial charge is 0.394 e. The third-order valence-corrected chi connectivity index (χ3v) is 4.43. The maximum absolute atomic E-state index is 13.0. The van der Waals surface area contributed by atoms with E-state index in [1.54, 1.807) is 16.8 Å². The first kappa shape index (κ1) is 21.4. The van der Waals surface area contributed by atoms with E-state index >= 15 is 0 Å². The van der Waals surface area contributed by atoms with E-state index in [9.17, 15) is 8.78 Å². The summed E-state index contributed by atoms with van der Waals surface area (Å²) in [6, 6.07) is 13.7. The van der Waals surface area contributed by atoms with Crippen LogP contribution in [0.5, 0.6) is 11.5 Å². The lowest BCUT2D eigenvalue weighted by Gasteiger charge is -2.12. The fourth-order valence-corrected chi connectivity index (χ4v) is 3.04. The third kappa shape index (κ3) is 5.08. The third-order valence-electron chi connectivity index (χ3n) is 4.43. The Hall–Kier alpha value is -3.82. The van der Waals surface area contributed by atoms with Gasteiger partial charge in [0.25, 0.3) is 5.89 Å². The highest BCUT2D eigenvalue weighted by molar-refractivity contribution is 5.57. The molecule has 0 aliphatic heterocycles. The molecule has 0 radical (unpaired) electrons. The van der Waals surface area contributed by atoms with Gasteiger partial charge in [-0.1, -0.05) is 17.3 Å². The van der Waals surface area contributed by atoms with Crippen molar-refractivity contribution in [2.75, 3.05) is 6.61 Å². The number of nitrogens with zero attached hydrogens (tertiary/aromatic N) is 5. The lowest BCUT2D eigenvalue weighted by atomic mass is 10.2. The Bertz CT molecular complexity index is 1200. The number of rotatable bonds is 8. The number of benzene rings is 2. The van der Waals surface area contributed by atoms with Gasteiger partial charge in [0, 0.05) is 12.5 Å². The van der Waals surface area contributed by atoms with Crippen LogP contribution in [0.25, 0.3) is 23.1 Å². The van der Waals surface area contributed by atoms with Crippen LogP contribution in [0.2, 0.25) is 0 Å². The molecule has 0 aliphatic carbocycles. The maximum atomic E-state index is 13.0. The summed E-state index contributed by atoms with van der Waals surface area (Å²) < 4.78 is 43.0. The molecule has 0 atom stereocenters. The number of halogens is 2. The first-order valence-corrected chi connectivity index (χ1v) is 9.95. The molecule has 32 heavy (non-hydrogen) atoms. The average molecular weight is 441 g/mol. The van der Waals surface area contributed by atoms with Gasteiger partial charge < -0.3 is 14.0 Å². The summed E-state index contributed by atoms with van der Waals surface area (Å²) in [4.78, 5) is 8.75. The van der Waals surface area contributed by atoms with Gasteiger partial charge in [0.1, 0.15) is 17.3 Å². The second kappa shape index (κ2) is 8.74. The van der Waals surface area contributed by atoms with Crippen LogP contribution in [-0.4, -0.2) is 37.6 Å². The lowest BCUT2D eigenvalue weighted by Crippen LogP contribution is -2.18. The zero-order chi connectivity index (χ0) is 22.7. The summed E-state index contributed by atoms with van der Waals surface area (Å²) >= 11 is 0. The zero-order valence-electron chi connectivity index (χ0n) is 17.7. The van der Waals surface area contributed by atoms with Crippen LogP contribution in [0.3, 0.4) is 0 Å². The van der Waals surface area contributed by atoms with Gasteiger partial charge in [0.2, 0.25) is 11.6 Å². The van der Waals surface area contributed by atoms with Gasteiger partial charge >= 0.3 is 6.11 Å². The average Bonchev–Trinajstić information content (AvgIpc) is 3.35. The number of ether oxygens (including phenoxy) is 2. The summed E-state index contributed by atoms with van der Waals surface area (Å²) in [5.74, 6) is 2.26. The molecule has 0 fully saturated rings. The van der Waals surface area contributed by atoms with Gasteiger partial charge in [0.05, 0.1) is 13.2 Å². The summed E-state index contributed by atoms with van der Waals surface area (Å²) in [5.41, 5.74) is 1.59. The number of hydrogen-bond donors (Lipinski definition) is 0. The summed E-state index contributed by atoms with van der Waals surface area (Å²) in [7, 11) is 0. The number of aryl methyl sites for hydroxylation is 1. The van der Waals surface area contributed by atoms with Crippen molar-refractivity contribution in [2.24, 2.45) is 0 Å². The fourth-order valence-electron chi connectivity index (χ4n) is 3.04. The molecule has 4 rings (SSSR count). The molecule has 2 aromatic heterocycles. The zero-order valence-corrected chi connectivity index (χ0v) is 17.7. The molecule has 0 N–H and O–H groups in total. The molecule has 0 amide bonds. The van der Waals surface area contributed by atoms with Crippen molar-refractivity contribution in [1.29, 1.82) is 0 Å². The Kier molecular flexibility index (Phi) is 5.85. The van der Waals surface area contributed by atoms with Crippen molar-refractivity contribution in [3.05, 3.63) is 59.9 Å². The Labute approximate surface area is 182 Å². The summed E-state index contributed by atoms with van der Waals surface area (Å²) in [6.45, 7) is 5.55. The van der Waals surface area contributed by atoms with Crippen LogP contribution in [-0.2, 0) is 6.54 Å². The molecule has 0 saturated heterocycles. The van der Waals surface area contributed by atoms with E-state index in [0.29, 0.717) is 37.3 Å². The van der Waals surface area contributed by atoms with Gasteiger partial charge in [-0.2, -0.15) is 13.8 Å². The molecule has 0 saturated carbocycles. The molecule has 0 spiro atoms. The van der Waals surface area contributed by atoms with Crippen molar-refractivity contribution < 1.29 is 22.8 Å². The second-order valence-electron chi connectivity index (χ2n) is 7.08. The molecular formula is C22H21F2N5O3. The Balaban J connectivity index is 1.51. The van der Waals surface area contributed by atoms with E-state index in [0.717, 1.165) is 11.3 Å². The second-order valence-corrected chi connectivity index (χ2v) is 7.08. The number of aromatic nitrogens is 5. The first-order valence-electron chi connectivity index (χ1n) is 9.95. The van der Waals surface area contributed by atoms with E-state index < -0.39 is 6.11 Å². The molecule has 0 unspecified atom stereocenters. The minimum absolute atomic E-state index is 0.0365. The van der Waals surface area contributed by atoms with E-state index in [2.05, 4.69) is 25.0 Å². The van der Waals surface area contributed by atoms with E-state index in [1.807, 2.05) is 38.1 Å². The molecule has 2 heterocycles. The standard InChI is InChI=1S/C22H21F2N5O3/c1-4-30-18-7-5-6-15(12-18)13-29-14(2)25-20(27-29)21-26-19(28-32-21)16-8-10-17(11-9-16)31-22(3,23)24/h5-12H,4,13H2,1-3H3. The van der Waals surface area contributed by atoms with Crippen molar-refractivity contribution in [1.82, 2.24) is 24.9 Å². The van der Waals surface area contributed by atoms with Gasteiger partial charge in [-0.05, 0) is 55.8 Å². The van der Waals surface area contributed by atoms with Gasteiger partial charge in [0.15, 0.2) is 0 Å². The van der Waals surface area contributed by atoms with Crippen molar-refractivity contribution >= 4 is 0 Å². The highest BCUT2D eigenvalue weighted by Gasteiger charge is 2.23. The van der Waals surface area contributed by atoms with Crippen molar-refractivity contribution in [3.8, 4) is 34.6 Å². The van der Waals surface area contributed by atoms with Crippen molar-refractivity contribution in [2.45, 2.75) is 33.4 Å². The Morgan fingerprint density at radius 2 is 1.81 bits per heavy atom. The van der Waals surface area contributed by atoms with Gasteiger partial charge in [-0.15, -0.1) is 5.10 Å². The summed E-state index contributed by atoms with van der Waals surface area (Å²) in [6.07, 6.45) is -3.26. The normalized spacial score (nSPS) is 11.5. The Morgan fingerprint density at radius 3 is 2.53 bits per heavy atom. The number of hydrogen-bond acceptors (Lipinski definition) is 7. The van der Waals surface area contributed by atoms with E-state index in [-0.39, 0.29) is 17.5 Å². The minimum Gasteiger partial charge on any atom is -0.494 e. The van der Waals surface area contributed by atoms with Gasteiger partial charge in [-0.3, -0.25) is 0 Å². The molecule has 2 aromatic carbocycles. The Morgan fingerprint density at radius 1 is 1.03 bits per heavy atom. The fraction of sp³-hybridized carbons (Fsp3) is 0.273. The van der Waals surface area contributed by atoms with Crippen LogP contribution in [0.1, 0.15) is 25.2 Å². The van der Waals surface area contributed by atoms with Crippen LogP contribution >= 0.6 is 0 Å².